The molecule has 0 radical (unpaired) electrons. The van der Waals surface area contributed by atoms with Crippen LogP contribution < -0.4 is 0 Å². The molecule has 6 heteroatoms. The molecule has 2 rings (SSSR count). The van der Waals surface area contributed by atoms with Crippen LogP contribution in [-0.2, 0) is 9.59 Å². The molecule has 2 amide bonds. The van der Waals surface area contributed by atoms with E-state index in [0.717, 1.165) is 5.56 Å². The number of rotatable bonds is 4. The summed E-state index contributed by atoms with van der Waals surface area (Å²) in [4.78, 5) is 38.7. The summed E-state index contributed by atoms with van der Waals surface area (Å²) in [5.41, 5.74) is 1.46. The third kappa shape index (κ3) is 4.09. The number of likely N-dealkylation sites (tertiary alicyclic amines) is 1. The lowest BCUT2D eigenvalue weighted by Crippen LogP contribution is -2.45. The monoisotopic (exact) mass is 318 g/mol. The Bertz CT molecular complexity index is 606. The minimum atomic E-state index is -0.802. The predicted octanol–water partition coefficient (Wildman–Crippen LogP) is 1.39. The Hall–Kier alpha value is -2.37. The molecule has 0 saturated carbocycles. The Morgan fingerprint density at radius 3 is 2.39 bits per heavy atom. The fraction of sp³-hybridized carbons (Fsp3) is 0.471. The second kappa shape index (κ2) is 7.26. The highest BCUT2D eigenvalue weighted by Gasteiger charge is 2.28. The van der Waals surface area contributed by atoms with Gasteiger partial charge in [0.15, 0.2) is 0 Å². The van der Waals surface area contributed by atoms with Crippen molar-refractivity contribution in [2.45, 2.75) is 19.8 Å². The van der Waals surface area contributed by atoms with Gasteiger partial charge in [-0.05, 0) is 31.4 Å². The van der Waals surface area contributed by atoms with E-state index in [2.05, 4.69) is 0 Å². The van der Waals surface area contributed by atoms with Crippen molar-refractivity contribution in [1.82, 2.24) is 9.80 Å². The van der Waals surface area contributed by atoms with Gasteiger partial charge in [-0.3, -0.25) is 14.4 Å². The number of hydrogen-bond donors (Lipinski definition) is 1. The lowest BCUT2D eigenvalue weighted by molar-refractivity contribution is -0.145. The Labute approximate surface area is 135 Å². The number of carboxylic acids is 1. The predicted molar refractivity (Wildman–Crippen MR) is 85.1 cm³/mol. The van der Waals surface area contributed by atoms with Crippen LogP contribution in [0.1, 0.15) is 28.8 Å². The van der Waals surface area contributed by atoms with Crippen LogP contribution in [0.25, 0.3) is 0 Å². The SMILES string of the molecule is Cc1ccccc1C(=O)N(C)CC(=O)N1CCC(C(=O)O)CC1. The van der Waals surface area contributed by atoms with Crippen molar-refractivity contribution < 1.29 is 19.5 Å². The van der Waals surface area contributed by atoms with Gasteiger partial charge < -0.3 is 14.9 Å². The average molecular weight is 318 g/mol. The van der Waals surface area contributed by atoms with E-state index in [9.17, 15) is 14.4 Å². The van der Waals surface area contributed by atoms with Gasteiger partial charge in [-0.15, -0.1) is 0 Å². The number of piperidine rings is 1. The van der Waals surface area contributed by atoms with Crippen LogP contribution in [0.3, 0.4) is 0 Å². The number of benzene rings is 1. The summed E-state index contributed by atoms with van der Waals surface area (Å²) in [5.74, 6) is -1.50. The summed E-state index contributed by atoms with van der Waals surface area (Å²) >= 11 is 0. The van der Waals surface area contributed by atoms with Crippen LogP contribution in [0.4, 0.5) is 0 Å². The number of hydrogen-bond acceptors (Lipinski definition) is 3. The van der Waals surface area contributed by atoms with E-state index in [1.165, 1.54) is 4.90 Å². The molecule has 1 N–H and O–H groups in total. The highest BCUT2D eigenvalue weighted by molar-refractivity contribution is 5.97. The molecule has 1 aliphatic heterocycles. The minimum Gasteiger partial charge on any atom is -0.481 e. The van der Waals surface area contributed by atoms with E-state index in [1.54, 1.807) is 24.1 Å². The summed E-state index contributed by atoms with van der Waals surface area (Å²) in [5, 5.41) is 8.98. The Morgan fingerprint density at radius 1 is 1.22 bits per heavy atom. The van der Waals surface area contributed by atoms with E-state index in [4.69, 9.17) is 5.11 Å². The number of likely N-dealkylation sites (N-methyl/N-ethyl adjacent to an activating group) is 1. The van der Waals surface area contributed by atoms with Gasteiger partial charge in [0.2, 0.25) is 5.91 Å². The second-order valence-corrected chi connectivity index (χ2v) is 5.97. The standard InChI is InChI=1S/C17H22N2O4/c1-12-5-3-4-6-14(12)16(21)18(2)11-15(20)19-9-7-13(8-10-19)17(22)23/h3-6,13H,7-11H2,1-2H3,(H,22,23). The van der Waals surface area contributed by atoms with E-state index in [1.807, 2.05) is 19.1 Å². The zero-order valence-electron chi connectivity index (χ0n) is 13.5. The molecule has 1 heterocycles. The first-order chi connectivity index (χ1) is 10.9. The van der Waals surface area contributed by atoms with Crippen LogP contribution in [0.5, 0.6) is 0 Å². The van der Waals surface area contributed by atoms with E-state index < -0.39 is 5.97 Å². The van der Waals surface area contributed by atoms with Gasteiger partial charge in [-0.25, -0.2) is 0 Å². The minimum absolute atomic E-state index is 0.00487. The number of nitrogens with zero attached hydrogens (tertiary/aromatic N) is 2. The Balaban J connectivity index is 1.91. The number of carbonyl (C=O) groups excluding carboxylic acids is 2. The summed E-state index contributed by atoms with van der Waals surface area (Å²) in [6, 6.07) is 7.27. The van der Waals surface area contributed by atoms with Gasteiger partial charge in [0, 0.05) is 25.7 Å². The maximum atomic E-state index is 12.4. The average Bonchev–Trinajstić information content (AvgIpc) is 2.54. The third-order valence-corrected chi connectivity index (χ3v) is 4.29. The van der Waals surface area contributed by atoms with Crippen molar-refractivity contribution in [1.29, 1.82) is 0 Å². The molecule has 0 spiro atoms. The van der Waals surface area contributed by atoms with Crippen LogP contribution in [0, 0.1) is 12.8 Å². The van der Waals surface area contributed by atoms with Gasteiger partial charge in [-0.2, -0.15) is 0 Å². The van der Waals surface area contributed by atoms with Gasteiger partial charge >= 0.3 is 5.97 Å². The Kier molecular flexibility index (Phi) is 5.36. The quantitative estimate of drug-likeness (QED) is 0.910. The molecule has 124 valence electrons. The van der Waals surface area contributed by atoms with E-state index in [0.29, 0.717) is 31.5 Å². The Morgan fingerprint density at radius 2 is 1.83 bits per heavy atom. The van der Waals surface area contributed by atoms with Gasteiger partial charge in [0.1, 0.15) is 0 Å². The van der Waals surface area contributed by atoms with Crippen molar-refractivity contribution >= 4 is 17.8 Å². The summed E-state index contributed by atoms with van der Waals surface area (Å²) in [6.45, 7) is 2.73. The fourth-order valence-corrected chi connectivity index (χ4v) is 2.77. The van der Waals surface area contributed by atoms with Crippen LogP contribution in [0.15, 0.2) is 24.3 Å². The van der Waals surface area contributed by atoms with Gasteiger partial charge in [0.25, 0.3) is 5.91 Å². The largest absolute Gasteiger partial charge is 0.481 e. The number of aliphatic carboxylic acids is 1. The molecular weight excluding hydrogens is 296 g/mol. The smallest absolute Gasteiger partial charge is 0.306 e. The fourth-order valence-electron chi connectivity index (χ4n) is 2.77. The van der Waals surface area contributed by atoms with Crippen LogP contribution in [-0.4, -0.2) is 59.4 Å². The summed E-state index contributed by atoms with van der Waals surface area (Å²) in [7, 11) is 1.61. The number of aryl methyl sites for hydroxylation is 1. The maximum Gasteiger partial charge on any atom is 0.306 e. The van der Waals surface area contributed by atoms with Crippen molar-refractivity contribution in [3.63, 3.8) is 0 Å². The molecular formula is C17H22N2O4. The van der Waals surface area contributed by atoms with E-state index >= 15 is 0 Å². The molecule has 1 aromatic rings. The molecule has 0 unspecified atom stereocenters. The van der Waals surface area contributed by atoms with Gasteiger partial charge in [-0.1, -0.05) is 18.2 Å². The van der Waals surface area contributed by atoms with Crippen molar-refractivity contribution in [3.8, 4) is 0 Å². The second-order valence-electron chi connectivity index (χ2n) is 5.97. The van der Waals surface area contributed by atoms with Crippen LogP contribution >= 0.6 is 0 Å². The molecule has 1 aromatic carbocycles. The molecule has 0 bridgehead atoms. The number of amides is 2. The zero-order valence-corrected chi connectivity index (χ0v) is 13.5. The molecule has 6 nitrogen and oxygen atoms in total. The molecule has 1 saturated heterocycles. The van der Waals surface area contributed by atoms with E-state index in [-0.39, 0.29) is 24.3 Å². The van der Waals surface area contributed by atoms with Crippen molar-refractivity contribution in [2.24, 2.45) is 5.92 Å². The third-order valence-electron chi connectivity index (χ3n) is 4.29. The maximum absolute atomic E-state index is 12.4. The normalized spacial score (nSPS) is 15.3. The molecule has 1 fully saturated rings. The topological polar surface area (TPSA) is 77.9 Å². The molecule has 1 aliphatic rings. The summed E-state index contributed by atoms with van der Waals surface area (Å²) < 4.78 is 0. The molecule has 0 aliphatic carbocycles. The van der Waals surface area contributed by atoms with Crippen molar-refractivity contribution in [3.05, 3.63) is 35.4 Å². The first kappa shape index (κ1) is 17.0. The highest BCUT2D eigenvalue weighted by atomic mass is 16.4. The molecule has 0 aromatic heterocycles. The summed E-state index contributed by atoms with van der Waals surface area (Å²) in [6.07, 6.45) is 0.938. The highest BCUT2D eigenvalue weighted by Crippen LogP contribution is 2.17. The first-order valence-corrected chi connectivity index (χ1v) is 7.72. The van der Waals surface area contributed by atoms with Crippen molar-refractivity contribution in [2.75, 3.05) is 26.7 Å². The molecule has 23 heavy (non-hydrogen) atoms. The number of carboxylic acid groups (broad SMARTS) is 1. The zero-order chi connectivity index (χ0) is 17.0. The number of carbonyl (C=O) groups is 3. The lowest BCUT2D eigenvalue weighted by Gasteiger charge is -2.31. The lowest BCUT2D eigenvalue weighted by atomic mass is 9.97. The van der Waals surface area contributed by atoms with Crippen LogP contribution in [0.2, 0.25) is 0 Å². The first-order valence-electron chi connectivity index (χ1n) is 7.72. The molecule has 0 atom stereocenters. The van der Waals surface area contributed by atoms with Gasteiger partial charge in [0.05, 0.1) is 12.5 Å².